The van der Waals surface area contributed by atoms with Crippen molar-refractivity contribution in [1.29, 1.82) is 0 Å². The van der Waals surface area contributed by atoms with Crippen LogP contribution in [0.5, 0.6) is 0 Å². The lowest BCUT2D eigenvalue weighted by molar-refractivity contribution is 0.0931. The molecule has 0 spiro atoms. The number of aryl methyl sites for hydroxylation is 1. The number of hydrogen-bond acceptors (Lipinski definition) is 4. The number of fused-ring (bicyclic) bond motifs is 1. The summed E-state index contributed by atoms with van der Waals surface area (Å²) in [5, 5.41) is 3.33. The van der Waals surface area contributed by atoms with E-state index in [1.807, 2.05) is 30.3 Å². The minimum Gasteiger partial charge on any atom is -0.345 e. The predicted octanol–water partition coefficient (Wildman–Crippen LogP) is 1.51. The van der Waals surface area contributed by atoms with E-state index in [4.69, 9.17) is 0 Å². The zero-order chi connectivity index (χ0) is 19.1. The van der Waals surface area contributed by atoms with Crippen LogP contribution in [0, 0.1) is 5.92 Å². The molecule has 1 saturated carbocycles. The largest absolute Gasteiger partial charge is 0.345 e. The van der Waals surface area contributed by atoms with Gasteiger partial charge in [0.15, 0.2) is 0 Å². The first-order chi connectivity index (χ1) is 13.0. The molecule has 0 unspecified atom stereocenters. The van der Waals surface area contributed by atoms with E-state index in [0.29, 0.717) is 11.5 Å². The summed E-state index contributed by atoms with van der Waals surface area (Å²) >= 11 is 0. The fourth-order valence-corrected chi connectivity index (χ4v) is 3.38. The molecular formula is C20H20N4O3. The Labute approximate surface area is 155 Å². The summed E-state index contributed by atoms with van der Waals surface area (Å²) < 4.78 is 2.32. The van der Waals surface area contributed by atoms with Crippen molar-refractivity contribution >= 4 is 16.9 Å². The molecule has 0 aliphatic heterocycles. The number of carbonyl (C=O) groups excluding carboxylic acids is 1. The molecular weight excluding hydrogens is 344 g/mol. The molecule has 2 heterocycles. The number of hydrogen-bond donors (Lipinski definition) is 1. The summed E-state index contributed by atoms with van der Waals surface area (Å²) in [4.78, 5) is 41.4. The maximum atomic E-state index is 12.8. The summed E-state index contributed by atoms with van der Waals surface area (Å²) in [7, 11) is 2.96. The molecule has 1 fully saturated rings. The molecule has 7 heteroatoms. The van der Waals surface area contributed by atoms with Gasteiger partial charge >= 0.3 is 5.69 Å². The van der Waals surface area contributed by atoms with Crippen LogP contribution in [0.4, 0.5) is 0 Å². The van der Waals surface area contributed by atoms with Crippen molar-refractivity contribution < 1.29 is 4.79 Å². The number of nitrogens with zero attached hydrogens (tertiary/aromatic N) is 3. The second-order valence-electron chi connectivity index (χ2n) is 7.00. The van der Waals surface area contributed by atoms with Gasteiger partial charge in [-0.15, -0.1) is 0 Å². The Balaban J connectivity index is 1.70. The summed E-state index contributed by atoms with van der Waals surface area (Å²) in [6.07, 6.45) is 3.57. The number of aromatic nitrogens is 3. The molecule has 2 aromatic heterocycles. The van der Waals surface area contributed by atoms with Gasteiger partial charge < -0.3 is 5.32 Å². The number of pyridine rings is 1. The first-order valence-corrected chi connectivity index (χ1v) is 8.89. The average molecular weight is 364 g/mol. The number of carbonyl (C=O) groups is 1. The molecule has 1 aromatic carbocycles. The molecule has 0 radical (unpaired) electrons. The Morgan fingerprint density at radius 2 is 1.85 bits per heavy atom. The topological polar surface area (TPSA) is 86.0 Å². The van der Waals surface area contributed by atoms with Crippen LogP contribution in [0.15, 0.2) is 52.2 Å². The molecule has 3 aromatic rings. The van der Waals surface area contributed by atoms with Crippen LogP contribution >= 0.6 is 0 Å². The monoisotopic (exact) mass is 364 g/mol. The standard InChI is InChI=1S/C20H20N4O3/c1-23-17-15(19(26)24(2)20(23)27)10-14(11-21-17)18(25)22-16(13-8-9-13)12-6-4-3-5-7-12/h3-7,10-11,13,16H,8-9H2,1-2H3,(H,22,25)/t16-/m0/s1. The van der Waals surface area contributed by atoms with Gasteiger partial charge in [-0.3, -0.25) is 18.7 Å². The van der Waals surface area contributed by atoms with E-state index in [1.54, 1.807) is 7.05 Å². The summed E-state index contributed by atoms with van der Waals surface area (Å²) in [6.45, 7) is 0. The van der Waals surface area contributed by atoms with E-state index in [9.17, 15) is 14.4 Å². The zero-order valence-electron chi connectivity index (χ0n) is 15.2. The fraction of sp³-hybridized carbons (Fsp3) is 0.300. The Morgan fingerprint density at radius 3 is 2.52 bits per heavy atom. The summed E-state index contributed by atoms with van der Waals surface area (Å²) in [5.41, 5.74) is 0.730. The Bertz CT molecular complexity index is 1140. The third kappa shape index (κ3) is 3.05. The van der Waals surface area contributed by atoms with Crippen molar-refractivity contribution in [2.75, 3.05) is 0 Å². The molecule has 27 heavy (non-hydrogen) atoms. The number of nitrogens with one attached hydrogen (secondary N) is 1. The maximum Gasteiger partial charge on any atom is 0.332 e. The second kappa shape index (κ2) is 6.50. The molecule has 1 amide bonds. The van der Waals surface area contributed by atoms with E-state index >= 15 is 0 Å². The van der Waals surface area contributed by atoms with E-state index in [-0.39, 0.29) is 23.0 Å². The van der Waals surface area contributed by atoms with Crippen LogP contribution in [0.1, 0.15) is 34.8 Å². The van der Waals surface area contributed by atoms with Crippen LogP contribution in [0.25, 0.3) is 11.0 Å². The van der Waals surface area contributed by atoms with Gasteiger partial charge in [0.25, 0.3) is 11.5 Å². The van der Waals surface area contributed by atoms with Gasteiger partial charge in [0.2, 0.25) is 0 Å². The maximum absolute atomic E-state index is 12.8. The van der Waals surface area contributed by atoms with Gasteiger partial charge in [0.1, 0.15) is 5.65 Å². The van der Waals surface area contributed by atoms with Crippen LogP contribution in [0.2, 0.25) is 0 Å². The van der Waals surface area contributed by atoms with Gasteiger partial charge in [-0.25, -0.2) is 9.78 Å². The zero-order valence-corrected chi connectivity index (χ0v) is 15.2. The smallest absolute Gasteiger partial charge is 0.332 e. The highest BCUT2D eigenvalue weighted by Crippen LogP contribution is 2.41. The number of benzene rings is 1. The molecule has 1 atom stereocenters. The first-order valence-electron chi connectivity index (χ1n) is 8.89. The van der Waals surface area contributed by atoms with E-state index in [2.05, 4.69) is 10.3 Å². The molecule has 4 rings (SSSR count). The highest BCUT2D eigenvalue weighted by molar-refractivity contribution is 5.97. The Kier molecular flexibility index (Phi) is 4.14. The van der Waals surface area contributed by atoms with Crippen molar-refractivity contribution in [3.63, 3.8) is 0 Å². The predicted molar refractivity (Wildman–Crippen MR) is 102 cm³/mol. The highest BCUT2D eigenvalue weighted by atomic mass is 16.2. The van der Waals surface area contributed by atoms with Crippen molar-refractivity contribution in [1.82, 2.24) is 19.4 Å². The van der Waals surface area contributed by atoms with Gasteiger partial charge in [0, 0.05) is 20.3 Å². The first kappa shape index (κ1) is 17.2. The van der Waals surface area contributed by atoms with Gasteiger partial charge in [-0.1, -0.05) is 30.3 Å². The lowest BCUT2D eigenvalue weighted by Crippen LogP contribution is -2.37. The van der Waals surface area contributed by atoms with E-state index in [1.165, 1.54) is 23.9 Å². The normalized spacial score (nSPS) is 14.9. The number of rotatable bonds is 4. The Hall–Kier alpha value is -3.22. The summed E-state index contributed by atoms with van der Waals surface area (Å²) in [5.74, 6) is 0.152. The molecule has 1 N–H and O–H groups in total. The van der Waals surface area contributed by atoms with Gasteiger partial charge in [-0.2, -0.15) is 0 Å². The highest BCUT2D eigenvalue weighted by Gasteiger charge is 2.33. The number of amides is 1. The Morgan fingerprint density at radius 1 is 1.15 bits per heavy atom. The van der Waals surface area contributed by atoms with Crippen molar-refractivity contribution in [2.24, 2.45) is 20.0 Å². The van der Waals surface area contributed by atoms with E-state index < -0.39 is 11.2 Å². The minimum atomic E-state index is -0.461. The average Bonchev–Trinajstić information content (AvgIpc) is 3.54. The molecule has 0 saturated heterocycles. The quantitative estimate of drug-likeness (QED) is 0.760. The molecule has 0 bridgehead atoms. The fourth-order valence-electron chi connectivity index (χ4n) is 3.38. The third-order valence-corrected chi connectivity index (χ3v) is 5.09. The molecule has 1 aliphatic carbocycles. The minimum absolute atomic E-state index is 0.0580. The van der Waals surface area contributed by atoms with Crippen LogP contribution in [0.3, 0.4) is 0 Å². The lowest BCUT2D eigenvalue weighted by Gasteiger charge is -2.19. The van der Waals surface area contributed by atoms with Gasteiger partial charge in [0.05, 0.1) is 17.0 Å². The van der Waals surface area contributed by atoms with Crippen LogP contribution in [-0.4, -0.2) is 20.0 Å². The SMILES string of the molecule is Cn1c(=O)c2cc(C(=O)N[C@@H](c3ccccc3)C3CC3)cnc2n(C)c1=O. The van der Waals surface area contributed by atoms with E-state index in [0.717, 1.165) is 23.0 Å². The van der Waals surface area contributed by atoms with Crippen LogP contribution < -0.4 is 16.6 Å². The second-order valence-corrected chi connectivity index (χ2v) is 7.00. The molecule has 138 valence electrons. The molecule has 7 nitrogen and oxygen atoms in total. The van der Waals surface area contributed by atoms with Crippen molar-refractivity contribution in [2.45, 2.75) is 18.9 Å². The lowest BCUT2D eigenvalue weighted by atomic mass is 10.0. The molecule has 1 aliphatic rings. The third-order valence-electron chi connectivity index (χ3n) is 5.09. The van der Waals surface area contributed by atoms with Crippen LogP contribution in [-0.2, 0) is 14.1 Å². The van der Waals surface area contributed by atoms with Crippen molar-refractivity contribution in [3.05, 3.63) is 74.6 Å². The van der Waals surface area contributed by atoms with Gasteiger partial charge in [-0.05, 0) is 30.4 Å². The van der Waals surface area contributed by atoms with Crippen molar-refractivity contribution in [3.8, 4) is 0 Å². The summed E-state index contributed by atoms with van der Waals surface area (Å²) in [6, 6.07) is 11.3.